The molecule has 0 bridgehead atoms. The molecule has 1 spiro atoms. The number of hydrogen-bond donors (Lipinski definition) is 1. The number of nitrogens with one attached hydrogen (secondary N) is 1. The highest BCUT2D eigenvalue weighted by Gasteiger charge is 2.79. The smallest absolute Gasteiger partial charge is 0.414 e. The molecule has 3 heterocycles. The number of methoxy groups -OCH3 is 2. The van der Waals surface area contributed by atoms with Gasteiger partial charge in [-0.15, -0.1) is 11.6 Å². The van der Waals surface area contributed by atoms with Gasteiger partial charge in [0, 0.05) is 14.2 Å². The molecule has 0 radical (unpaired) electrons. The first-order chi connectivity index (χ1) is 13.1. The maximum Gasteiger partial charge on any atom is 0.414 e. The number of alkyl halides is 1. The molecule has 28 heavy (non-hydrogen) atoms. The number of amides is 2. The Hall–Kier alpha value is -1.01. The lowest BCUT2D eigenvalue weighted by Crippen LogP contribution is -2.78. The maximum absolute atomic E-state index is 12.1. The predicted octanol–water partition coefficient (Wildman–Crippen LogP) is 0.545. The first-order valence-corrected chi connectivity index (χ1v) is 9.38. The topological polar surface area (TPSA) is 114 Å². The molecular formula is C17H26ClNO9. The average Bonchev–Trinajstić information content (AvgIpc) is 3.31. The third kappa shape index (κ3) is 3.30. The van der Waals surface area contributed by atoms with E-state index in [2.05, 4.69) is 0 Å². The van der Waals surface area contributed by atoms with Crippen LogP contribution in [0.5, 0.6) is 0 Å². The fourth-order valence-electron chi connectivity index (χ4n) is 4.11. The van der Waals surface area contributed by atoms with Crippen LogP contribution in [-0.2, 0) is 38.0 Å². The summed E-state index contributed by atoms with van der Waals surface area (Å²) in [5, 5.41) is 2.02. The van der Waals surface area contributed by atoms with Gasteiger partial charge >= 0.3 is 6.09 Å². The third-order valence-electron chi connectivity index (χ3n) is 5.37. The monoisotopic (exact) mass is 423 g/mol. The van der Waals surface area contributed by atoms with E-state index in [-0.39, 0.29) is 19.1 Å². The zero-order valence-electron chi connectivity index (χ0n) is 16.5. The molecule has 5 atom stereocenters. The van der Waals surface area contributed by atoms with E-state index < -0.39 is 47.0 Å². The molecule has 10 nitrogen and oxygen atoms in total. The van der Waals surface area contributed by atoms with Crippen molar-refractivity contribution >= 4 is 23.6 Å². The largest absolute Gasteiger partial charge is 0.441 e. The zero-order valence-corrected chi connectivity index (χ0v) is 17.3. The molecule has 3 aliphatic heterocycles. The van der Waals surface area contributed by atoms with E-state index in [4.69, 9.17) is 44.8 Å². The van der Waals surface area contributed by atoms with Gasteiger partial charge in [-0.1, -0.05) is 0 Å². The summed E-state index contributed by atoms with van der Waals surface area (Å²) in [7, 11) is 2.94. The lowest BCUT2D eigenvalue weighted by molar-refractivity contribution is -0.396. The molecule has 0 aliphatic carbocycles. The van der Waals surface area contributed by atoms with E-state index in [1.165, 1.54) is 14.2 Å². The number of epoxide rings is 1. The van der Waals surface area contributed by atoms with Crippen LogP contribution in [0.25, 0.3) is 0 Å². The minimum Gasteiger partial charge on any atom is -0.441 e. The van der Waals surface area contributed by atoms with Gasteiger partial charge in [-0.2, -0.15) is 0 Å². The van der Waals surface area contributed by atoms with Crippen LogP contribution in [0.1, 0.15) is 20.8 Å². The standard InChI is InChI=1S/C17H26ClNO9/c1-14(2)25-9-16(28-14)17(23-5,15(3)8-26-15)12(22-4)10(7-24-16)27-13(21)19-11(20)6-18/h10,12H,6-9H2,1-5H3,(H,19,20,21)/t10-,12-,15?,16+,17+/m1/s1. The van der Waals surface area contributed by atoms with Crippen molar-refractivity contribution in [2.75, 3.05) is 39.9 Å². The van der Waals surface area contributed by atoms with Crippen molar-refractivity contribution in [3.8, 4) is 0 Å². The minimum absolute atomic E-state index is 0.0658. The van der Waals surface area contributed by atoms with Gasteiger partial charge in [0.15, 0.2) is 17.5 Å². The number of halogens is 1. The lowest BCUT2D eigenvalue weighted by Gasteiger charge is -2.55. The molecule has 3 rings (SSSR count). The summed E-state index contributed by atoms with van der Waals surface area (Å²) >= 11 is 5.40. The first kappa shape index (κ1) is 21.7. The quantitative estimate of drug-likeness (QED) is 0.500. The zero-order chi connectivity index (χ0) is 20.8. The fourth-order valence-corrected chi connectivity index (χ4v) is 4.18. The van der Waals surface area contributed by atoms with Gasteiger partial charge in [0.1, 0.15) is 24.2 Å². The Bertz CT molecular complexity index is 640. The highest BCUT2D eigenvalue weighted by Crippen LogP contribution is 2.57. The second kappa shape index (κ2) is 7.35. The summed E-state index contributed by atoms with van der Waals surface area (Å²) in [6.45, 7) is 5.72. The van der Waals surface area contributed by atoms with Crippen LogP contribution in [0.2, 0.25) is 0 Å². The summed E-state index contributed by atoms with van der Waals surface area (Å²) in [6.07, 6.45) is -2.71. The SMILES string of the molecule is CO[C@@H]1[C@H](OC(=O)NC(=O)CCl)CO[C@]2(COC(C)(C)O2)[C@@]1(OC)C1(C)CO1. The van der Waals surface area contributed by atoms with E-state index in [1.807, 2.05) is 12.2 Å². The van der Waals surface area contributed by atoms with Crippen molar-refractivity contribution in [3.63, 3.8) is 0 Å². The van der Waals surface area contributed by atoms with E-state index in [0.717, 1.165) is 0 Å². The van der Waals surface area contributed by atoms with Crippen molar-refractivity contribution in [3.05, 3.63) is 0 Å². The van der Waals surface area contributed by atoms with E-state index in [9.17, 15) is 9.59 Å². The maximum atomic E-state index is 12.1. The highest BCUT2D eigenvalue weighted by atomic mass is 35.5. The van der Waals surface area contributed by atoms with E-state index in [0.29, 0.717) is 6.61 Å². The molecule has 2 amide bonds. The van der Waals surface area contributed by atoms with E-state index >= 15 is 0 Å². The van der Waals surface area contributed by atoms with Crippen LogP contribution < -0.4 is 5.32 Å². The van der Waals surface area contributed by atoms with Crippen molar-refractivity contribution in [1.29, 1.82) is 0 Å². The second-order valence-corrected chi connectivity index (χ2v) is 7.86. The van der Waals surface area contributed by atoms with Crippen LogP contribution in [0.15, 0.2) is 0 Å². The van der Waals surface area contributed by atoms with Gasteiger partial charge in [0.05, 0.1) is 13.2 Å². The lowest BCUT2D eigenvalue weighted by atomic mass is 9.72. The number of imide groups is 1. The summed E-state index contributed by atoms with van der Waals surface area (Å²) in [4.78, 5) is 23.4. The summed E-state index contributed by atoms with van der Waals surface area (Å²) in [6, 6.07) is 0. The van der Waals surface area contributed by atoms with Crippen LogP contribution in [0.4, 0.5) is 4.79 Å². The van der Waals surface area contributed by atoms with Crippen LogP contribution >= 0.6 is 11.6 Å². The molecule has 3 fully saturated rings. The number of ether oxygens (including phenoxy) is 7. The minimum atomic E-state index is -1.35. The third-order valence-corrected chi connectivity index (χ3v) is 5.61. The molecule has 0 aromatic rings. The predicted molar refractivity (Wildman–Crippen MR) is 93.8 cm³/mol. The van der Waals surface area contributed by atoms with Gasteiger partial charge in [0.25, 0.3) is 0 Å². The average molecular weight is 424 g/mol. The molecule has 0 aromatic heterocycles. The fraction of sp³-hybridized carbons (Fsp3) is 0.882. The number of rotatable bonds is 5. The molecule has 160 valence electrons. The molecule has 3 saturated heterocycles. The highest BCUT2D eigenvalue weighted by molar-refractivity contribution is 6.28. The summed E-state index contributed by atoms with van der Waals surface area (Å²) in [5.41, 5.74) is -2.15. The summed E-state index contributed by atoms with van der Waals surface area (Å²) in [5.74, 6) is -3.33. The molecule has 0 aromatic carbocycles. The van der Waals surface area contributed by atoms with Crippen molar-refractivity contribution < 1.29 is 42.7 Å². The number of alkyl carbamates (subject to hydrolysis) is 1. The Labute approximate surface area is 168 Å². The van der Waals surface area contributed by atoms with Gasteiger partial charge in [-0.25, -0.2) is 4.79 Å². The van der Waals surface area contributed by atoms with Crippen LogP contribution in [0.3, 0.4) is 0 Å². The molecular weight excluding hydrogens is 398 g/mol. The first-order valence-electron chi connectivity index (χ1n) is 8.85. The van der Waals surface area contributed by atoms with E-state index in [1.54, 1.807) is 13.8 Å². The van der Waals surface area contributed by atoms with Gasteiger partial charge in [-0.3, -0.25) is 10.1 Å². The van der Waals surface area contributed by atoms with Crippen LogP contribution in [-0.4, -0.2) is 86.9 Å². The number of carbonyl (C=O) groups is 2. The molecule has 3 aliphatic rings. The van der Waals surface area contributed by atoms with Crippen molar-refractivity contribution in [1.82, 2.24) is 5.32 Å². The Morgan fingerprint density at radius 2 is 1.82 bits per heavy atom. The number of carbonyl (C=O) groups excluding carboxylic acids is 2. The van der Waals surface area contributed by atoms with Crippen LogP contribution in [0, 0.1) is 0 Å². The Morgan fingerprint density at radius 3 is 2.29 bits per heavy atom. The second-order valence-electron chi connectivity index (χ2n) is 7.60. The Kier molecular flexibility index (Phi) is 5.69. The van der Waals surface area contributed by atoms with Crippen molar-refractivity contribution in [2.24, 2.45) is 0 Å². The Balaban J connectivity index is 1.93. The van der Waals surface area contributed by atoms with Gasteiger partial charge < -0.3 is 33.2 Å². The Morgan fingerprint density at radius 1 is 1.14 bits per heavy atom. The molecule has 0 saturated carbocycles. The van der Waals surface area contributed by atoms with Crippen molar-refractivity contribution in [2.45, 2.75) is 55.8 Å². The molecule has 1 unspecified atom stereocenters. The summed E-state index contributed by atoms with van der Waals surface area (Å²) < 4.78 is 40.8. The van der Waals surface area contributed by atoms with Gasteiger partial charge in [-0.05, 0) is 20.8 Å². The molecule has 11 heteroatoms. The van der Waals surface area contributed by atoms with Gasteiger partial charge in [0.2, 0.25) is 11.7 Å². The normalized spacial score (nSPS) is 41.6. The number of hydrogen-bond acceptors (Lipinski definition) is 9. The molecule has 1 N–H and O–H groups in total.